The minimum atomic E-state index is 0.299. The van der Waals surface area contributed by atoms with Gasteiger partial charge in [-0.15, -0.1) is 0 Å². The highest BCUT2D eigenvalue weighted by Gasteiger charge is 2.09. The maximum atomic E-state index is 5.66. The molecule has 3 rings (SSSR count). The molecule has 0 aliphatic rings. The number of amidine groups is 2. The van der Waals surface area contributed by atoms with E-state index in [0.29, 0.717) is 11.7 Å². The summed E-state index contributed by atoms with van der Waals surface area (Å²) in [6, 6.07) is 17.2. The third kappa shape index (κ3) is 2.98. The fraction of sp³-hybridized carbons (Fsp3) is 0. The van der Waals surface area contributed by atoms with Crippen LogP contribution >= 0.6 is 0 Å². The number of benzene rings is 2. The number of nitrogens with two attached hydrogens (primary N) is 4. The van der Waals surface area contributed by atoms with E-state index in [-0.39, 0.29) is 0 Å². The van der Waals surface area contributed by atoms with Gasteiger partial charge in [0.05, 0.1) is 17.4 Å². The van der Waals surface area contributed by atoms with Crippen LogP contribution in [0.3, 0.4) is 0 Å². The Morgan fingerprint density at radius 3 is 1.65 bits per heavy atom. The molecule has 0 aliphatic carbocycles. The Morgan fingerprint density at radius 2 is 1.17 bits per heavy atom. The van der Waals surface area contributed by atoms with Gasteiger partial charge in [0.25, 0.3) is 11.7 Å². The van der Waals surface area contributed by atoms with Gasteiger partial charge >= 0.3 is 0 Å². The zero-order valence-electron chi connectivity index (χ0n) is 12.5. The molecule has 0 aliphatic heterocycles. The molecule has 0 saturated heterocycles. The average Bonchev–Trinajstić information content (AvgIpc) is 3.05. The zero-order chi connectivity index (χ0) is 16.4. The van der Waals surface area contributed by atoms with Crippen molar-refractivity contribution in [2.45, 2.75) is 0 Å². The molecule has 0 radical (unpaired) electrons. The molecular formula is C18H18N4O+2. The Hall–Kier alpha value is -3.34. The van der Waals surface area contributed by atoms with Gasteiger partial charge in [-0.1, -0.05) is 24.3 Å². The topological polar surface area (TPSA) is 116 Å². The first-order valence-corrected chi connectivity index (χ1v) is 7.10. The predicted molar refractivity (Wildman–Crippen MR) is 90.0 cm³/mol. The van der Waals surface area contributed by atoms with E-state index in [9.17, 15) is 0 Å². The summed E-state index contributed by atoms with van der Waals surface area (Å²) in [5.41, 5.74) is 15.7. The lowest BCUT2D eigenvalue weighted by molar-refractivity contribution is -0.115. The SMILES string of the molecule is NC(=[NH2+])c1ccc(-c2coc(-c3ccc(C(N)=[NH2+])cc3)c2)cc1. The minimum Gasteiger partial charge on any atom is -0.464 e. The Balaban J connectivity index is 1.87. The molecule has 0 saturated carbocycles. The van der Waals surface area contributed by atoms with Crippen molar-refractivity contribution in [3.63, 3.8) is 0 Å². The van der Waals surface area contributed by atoms with Crippen LogP contribution in [0.25, 0.3) is 22.5 Å². The Morgan fingerprint density at radius 1 is 0.696 bits per heavy atom. The molecule has 114 valence electrons. The van der Waals surface area contributed by atoms with Crippen molar-refractivity contribution >= 4 is 11.7 Å². The van der Waals surface area contributed by atoms with Crippen LogP contribution in [0.15, 0.2) is 65.3 Å². The molecule has 5 heteroatoms. The van der Waals surface area contributed by atoms with Crippen LogP contribution in [0.5, 0.6) is 0 Å². The molecule has 0 atom stereocenters. The minimum absolute atomic E-state index is 0.299. The largest absolute Gasteiger partial charge is 0.464 e. The van der Waals surface area contributed by atoms with Gasteiger partial charge in [0.1, 0.15) is 5.76 Å². The number of hydrogen-bond acceptors (Lipinski definition) is 1. The quantitative estimate of drug-likeness (QED) is 0.386. The highest BCUT2D eigenvalue weighted by atomic mass is 16.3. The molecule has 0 bridgehead atoms. The summed E-state index contributed by atoms with van der Waals surface area (Å²) in [5, 5.41) is 11.1. The van der Waals surface area contributed by atoms with Crippen molar-refractivity contribution in [2.75, 3.05) is 0 Å². The fourth-order valence-corrected chi connectivity index (χ4v) is 2.32. The second-order valence-corrected chi connectivity index (χ2v) is 5.27. The van der Waals surface area contributed by atoms with E-state index < -0.39 is 0 Å². The Labute approximate surface area is 133 Å². The summed E-state index contributed by atoms with van der Waals surface area (Å²) in [6.07, 6.45) is 1.72. The summed E-state index contributed by atoms with van der Waals surface area (Å²) in [5.74, 6) is 1.38. The van der Waals surface area contributed by atoms with Crippen molar-refractivity contribution in [3.05, 3.63) is 72.0 Å². The first-order valence-electron chi connectivity index (χ1n) is 7.10. The monoisotopic (exact) mass is 306 g/mol. The zero-order valence-corrected chi connectivity index (χ0v) is 12.5. The van der Waals surface area contributed by atoms with Gasteiger partial charge in [0, 0.05) is 11.1 Å². The number of hydrogen-bond donors (Lipinski definition) is 4. The lowest BCUT2D eigenvalue weighted by Gasteiger charge is -1.98. The highest BCUT2D eigenvalue weighted by molar-refractivity contribution is 5.93. The lowest BCUT2D eigenvalue weighted by Crippen LogP contribution is -2.46. The molecular weight excluding hydrogens is 288 g/mol. The summed E-state index contributed by atoms with van der Waals surface area (Å²) < 4.78 is 5.66. The molecule has 2 aromatic carbocycles. The van der Waals surface area contributed by atoms with E-state index >= 15 is 0 Å². The molecule has 0 unspecified atom stereocenters. The molecule has 0 amide bonds. The molecule has 5 nitrogen and oxygen atoms in total. The van der Waals surface area contributed by atoms with Crippen molar-refractivity contribution in [3.8, 4) is 22.5 Å². The van der Waals surface area contributed by atoms with Gasteiger partial charge < -0.3 is 4.42 Å². The van der Waals surface area contributed by atoms with Crippen LogP contribution in [0.4, 0.5) is 0 Å². The maximum Gasteiger partial charge on any atom is 0.270 e. The average molecular weight is 306 g/mol. The van der Waals surface area contributed by atoms with Crippen LogP contribution in [-0.4, -0.2) is 11.7 Å². The summed E-state index contributed by atoms with van der Waals surface area (Å²) >= 11 is 0. The normalized spacial score (nSPS) is 10.4. The van der Waals surface area contributed by atoms with Gasteiger partial charge in [-0.25, -0.2) is 0 Å². The molecule has 1 heterocycles. The molecule has 3 aromatic rings. The first kappa shape index (κ1) is 14.6. The van der Waals surface area contributed by atoms with Crippen LogP contribution in [0, 0.1) is 0 Å². The third-order valence-electron chi connectivity index (χ3n) is 3.65. The van der Waals surface area contributed by atoms with E-state index in [4.69, 9.17) is 26.7 Å². The van der Waals surface area contributed by atoms with Gasteiger partial charge in [0.15, 0.2) is 0 Å². The molecule has 0 spiro atoms. The summed E-state index contributed by atoms with van der Waals surface area (Å²) in [4.78, 5) is 0. The van der Waals surface area contributed by atoms with E-state index in [2.05, 4.69) is 0 Å². The van der Waals surface area contributed by atoms with E-state index in [1.165, 1.54) is 0 Å². The van der Waals surface area contributed by atoms with Crippen molar-refractivity contribution in [2.24, 2.45) is 11.5 Å². The first-order chi connectivity index (χ1) is 11.0. The number of rotatable bonds is 4. The van der Waals surface area contributed by atoms with E-state index in [1.807, 2.05) is 54.6 Å². The van der Waals surface area contributed by atoms with E-state index in [1.54, 1.807) is 6.26 Å². The summed E-state index contributed by atoms with van der Waals surface area (Å²) in [7, 11) is 0. The van der Waals surface area contributed by atoms with Crippen LogP contribution in [0.2, 0.25) is 0 Å². The Bertz CT molecular complexity index is 789. The van der Waals surface area contributed by atoms with Crippen LogP contribution < -0.4 is 22.3 Å². The molecule has 8 N–H and O–H groups in total. The highest BCUT2D eigenvalue weighted by Crippen LogP contribution is 2.28. The summed E-state index contributed by atoms with van der Waals surface area (Å²) in [6.45, 7) is 0. The second-order valence-electron chi connectivity index (χ2n) is 5.27. The van der Waals surface area contributed by atoms with Crippen molar-refractivity contribution in [1.29, 1.82) is 0 Å². The van der Waals surface area contributed by atoms with Gasteiger partial charge in [0.2, 0.25) is 0 Å². The van der Waals surface area contributed by atoms with Gasteiger partial charge in [-0.2, -0.15) is 0 Å². The lowest BCUT2D eigenvalue weighted by atomic mass is 10.0. The maximum absolute atomic E-state index is 5.66. The molecule has 1 aromatic heterocycles. The number of furan rings is 1. The standard InChI is InChI=1S/C18H16N4O/c19-17(20)13-5-1-11(2-6-13)15-9-16(23-10-15)12-3-7-14(8-4-12)18(21)22/h1-10H,(H3,19,20)(H3,21,22)/p+2. The fourth-order valence-electron chi connectivity index (χ4n) is 2.32. The van der Waals surface area contributed by atoms with E-state index in [0.717, 1.165) is 33.6 Å². The molecule has 0 fully saturated rings. The van der Waals surface area contributed by atoms with Crippen LogP contribution in [0.1, 0.15) is 11.1 Å². The van der Waals surface area contributed by atoms with Crippen LogP contribution in [-0.2, 0) is 0 Å². The smallest absolute Gasteiger partial charge is 0.270 e. The Kier molecular flexibility index (Phi) is 3.68. The predicted octanol–water partition coefficient (Wildman–Crippen LogP) is -0.458. The third-order valence-corrected chi connectivity index (χ3v) is 3.65. The van der Waals surface area contributed by atoms with Gasteiger partial charge in [-0.05, 0) is 35.9 Å². The second kappa shape index (κ2) is 5.81. The molecule has 23 heavy (non-hydrogen) atoms. The van der Waals surface area contributed by atoms with Crippen molar-refractivity contribution < 1.29 is 15.2 Å². The van der Waals surface area contributed by atoms with Gasteiger partial charge in [-0.3, -0.25) is 22.3 Å². The van der Waals surface area contributed by atoms with Crippen molar-refractivity contribution in [1.82, 2.24) is 0 Å².